The number of nitrogens with zero attached hydrogens (tertiary/aromatic N) is 6. The van der Waals surface area contributed by atoms with Crippen LogP contribution in [0, 0.1) is 34.3 Å². The maximum Gasteiger partial charge on any atom is 0.433 e. The number of aryl methyl sites for hydroxylation is 1. The lowest BCUT2D eigenvalue weighted by atomic mass is 9.72. The lowest BCUT2D eigenvalue weighted by Gasteiger charge is -2.53. The number of piperidine rings is 1. The molecule has 2 saturated heterocycles. The molecule has 0 radical (unpaired) electrons. The van der Waals surface area contributed by atoms with Gasteiger partial charge in [-0.3, -0.25) is 19.6 Å². The summed E-state index contributed by atoms with van der Waals surface area (Å²) in [4.78, 5) is 40.4. The smallest absolute Gasteiger partial charge is 0.433 e. The Morgan fingerprint density at radius 2 is 1.70 bits per heavy atom. The minimum Gasteiger partial charge on any atom is -0.444 e. The van der Waals surface area contributed by atoms with E-state index in [0.29, 0.717) is 64.1 Å². The second-order valence-corrected chi connectivity index (χ2v) is 22.1. The van der Waals surface area contributed by atoms with Crippen LogP contribution in [0.1, 0.15) is 57.3 Å². The van der Waals surface area contributed by atoms with E-state index in [9.17, 15) is 40.0 Å². The fourth-order valence-corrected chi connectivity index (χ4v) is 11.2. The highest BCUT2D eigenvalue weighted by Gasteiger charge is 2.67. The van der Waals surface area contributed by atoms with Crippen LogP contribution in [0.25, 0.3) is 32.4 Å². The lowest BCUT2D eigenvalue weighted by molar-refractivity contribution is -0.121. The van der Waals surface area contributed by atoms with Crippen molar-refractivity contribution in [2.45, 2.75) is 70.2 Å². The van der Waals surface area contributed by atoms with Gasteiger partial charge in [-0.2, -0.15) is 32.0 Å². The van der Waals surface area contributed by atoms with Crippen molar-refractivity contribution in [1.29, 1.82) is 5.41 Å². The van der Waals surface area contributed by atoms with Gasteiger partial charge in [-0.1, -0.05) is 23.5 Å². The Hall–Kier alpha value is -6.04. The van der Waals surface area contributed by atoms with Crippen LogP contribution in [0.2, 0.25) is 0 Å². The molecule has 4 aliphatic rings. The molecular formula is C45H47F7N10O5S2. The Balaban J connectivity index is 1.09. The number of ether oxygens (including phenoxy) is 1. The number of alkyl halides is 5. The Morgan fingerprint density at radius 3 is 2.33 bits per heavy atom. The predicted octanol–water partition coefficient (Wildman–Crippen LogP) is 7.84. The van der Waals surface area contributed by atoms with Gasteiger partial charge in [0.1, 0.15) is 22.9 Å². The van der Waals surface area contributed by atoms with Crippen molar-refractivity contribution in [2.75, 3.05) is 48.6 Å². The Kier molecular flexibility index (Phi) is 11.7. The Bertz CT molecular complexity index is 3060. The molecule has 2 aliphatic heterocycles. The van der Waals surface area contributed by atoms with E-state index >= 15 is 8.78 Å². The fourth-order valence-electron chi connectivity index (χ4n) is 9.73. The molecule has 368 valence electrons. The van der Waals surface area contributed by atoms with Gasteiger partial charge in [-0.15, -0.1) is 0 Å². The van der Waals surface area contributed by atoms with Crippen LogP contribution >= 0.6 is 11.3 Å². The van der Waals surface area contributed by atoms with Crippen LogP contribution in [0.15, 0.2) is 53.7 Å². The topological polar surface area (TPSA) is 188 Å². The van der Waals surface area contributed by atoms with E-state index in [2.05, 4.69) is 25.4 Å². The summed E-state index contributed by atoms with van der Waals surface area (Å²) in [5, 5.41) is 18.0. The van der Waals surface area contributed by atoms with E-state index in [1.807, 2.05) is 20.8 Å². The minimum atomic E-state index is -5.23. The number of likely N-dealkylation sites (tertiary alicyclic amines) is 1. The highest BCUT2D eigenvalue weighted by Crippen LogP contribution is 2.63. The highest BCUT2D eigenvalue weighted by atomic mass is 32.2. The van der Waals surface area contributed by atoms with Gasteiger partial charge in [-0.05, 0) is 82.2 Å². The molecule has 3 atom stereocenters. The molecule has 9 rings (SSSR count). The summed E-state index contributed by atoms with van der Waals surface area (Å²) in [6.07, 6.45) is -3.73. The number of hydrogen-bond donors (Lipinski definition) is 4. The van der Waals surface area contributed by atoms with Gasteiger partial charge in [0.2, 0.25) is 15.9 Å². The number of sulfonamides is 1. The summed E-state index contributed by atoms with van der Waals surface area (Å²) in [7, 11) is -2.22. The molecule has 69 heavy (non-hydrogen) atoms. The van der Waals surface area contributed by atoms with Crippen LogP contribution in [-0.4, -0.2) is 107 Å². The Labute approximate surface area is 395 Å². The van der Waals surface area contributed by atoms with Crippen LogP contribution in [0.5, 0.6) is 0 Å². The molecule has 4 N–H and O–H groups in total. The monoisotopic (exact) mass is 1000 g/mol. The number of carbonyl (C=O) groups excluding carboxylic acids is 2. The maximum absolute atomic E-state index is 15.4. The van der Waals surface area contributed by atoms with Crippen LogP contribution < -0.4 is 20.3 Å². The number of halogens is 7. The third kappa shape index (κ3) is 9.52. The van der Waals surface area contributed by atoms with Gasteiger partial charge in [0.05, 0.1) is 40.4 Å². The number of anilines is 2. The average molecular weight is 1010 g/mol. The number of hydrogen-bond acceptors (Lipinski definition) is 12. The average Bonchev–Trinajstić information content (AvgIpc) is 3.75. The molecule has 15 nitrogen and oxygen atoms in total. The number of thiazole rings is 1. The zero-order valence-electron chi connectivity index (χ0n) is 37.8. The largest absolute Gasteiger partial charge is 0.444 e. The third-order valence-electron chi connectivity index (χ3n) is 12.9. The summed E-state index contributed by atoms with van der Waals surface area (Å²) >= 11 is 1.33. The first-order chi connectivity index (χ1) is 32.2. The van der Waals surface area contributed by atoms with Gasteiger partial charge < -0.3 is 25.2 Å². The van der Waals surface area contributed by atoms with Crippen LogP contribution in [-0.2, 0) is 33.0 Å². The molecule has 1 saturated carbocycles. The molecule has 0 bridgehead atoms. The predicted molar refractivity (Wildman–Crippen MR) is 244 cm³/mol. The third-order valence-corrected chi connectivity index (χ3v) is 14.5. The van der Waals surface area contributed by atoms with Crippen molar-refractivity contribution in [3.8, 4) is 11.1 Å². The first-order valence-corrected chi connectivity index (χ1v) is 24.6. The number of carbonyl (C=O) groups is 2. The van der Waals surface area contributed by atoms with Crippen LogP contribution in [0.4, 0.5) is 46.5 Å². The second-order valence-electron chi connectivity index (χ2n) is 19.3. The zero-order valence-corrected chi connectivity index (χ0v) is 39.5. The summed E-state index contributed by atoms with van der Waals surface area (Å²) in [5.41, 5.74) is -3.17. The molecule has 0 unspecified atom stereocenters. The van der Waals surface area contributed by atoms with Gasteiger partial charge in [0, 0.05) is 72.7 Å². The molecule has 5 aromatic rings. The zero-order chi connectivity index (χ0) is 49.7. The van der Waals surface area contributed by atoms with Gasteiger partial charge in [0.15, 0.2) is 16.6 Å². The quantitative estimate of drug-likeness (QED) is 0.0709. The number of allylic oxidation sites excluding steroid dienone is 2. The maximum atomic E-state index is 15.4. The minimum absolute atomic E-state index is 0.0101. The SMILES string of the molecule is Cn1nc(NS(C)(=O)=O)c2cccc(-c3cc4sc(N5CC6(CCN(C(=O)OC(C)(C)C)CC6)C5)nc4nc3[C@H](Cc3cc(F)cc(F)c3)NC(=O)CNC3=C(C(=N)C(F)(F)F)[C@H]4C[C@H]4C3(F)F)c21. The van der Waals surface area contributed by atoms with Crippen LogP contribution in [0.3, 0.4) is 0 Å². The molecule has 1 spiro atoms. The molecular weight excluding hydrogens is 958 g/mol. The lowest BCUT2D eigenvalue weighted by Crippen LogP contribution is -2.61. The summed E-state index contributed by atoms with van der Waals surface area (Å²) < 4.78 is 136. The number of rotatable bonds is 12. The van der Waals surface area contributed by atoms with Crippen molar-refractivity contribution in [2.24, 2.45) is 24.3 Å². The standard InChI is InChI=1S/C45H47F7N10O5S2/c1-42(2,3)67-41(64)61-11-9-43(10-12-61)20-62(21-43)40-57-39-31(68-40)18-27(25-7-6-8-26-35(25)60(4)58-38(26)59-69(5,65)66)34(56-39)30(15-22-13-23(46)16-24(47)14-22)55-32(63)19-54-37-33(36(53)45(50,51)52)28-17-29(28)44(37,48)49/h6-8,13-14,16,18,28-30,53-54H,9-12,15,17,19-21H2,1-5H3,(H,55,63)(H,58,59)/t28-,29+,30-/m0/s1. The molecule has 3 fully saturated rings. The van der Waals surface area contributed by atoms with Gasteiger partial charge in [0.25, 0.3) is 5.92 Å². The van der Waals surface area contributed by atoms with Crippen molar-refractivity contribution in [3.63, 3.8) is 0 Å². The number of amides is 2. The summed E-state index contributed by atoms with van der Waals surface area (Å²) in [6.45, 7) is 6.78. The Morgan fingerprint density at radius 1 is 1.01 bits per heavy atom. The van der Waals surface area contributed by atoms with E-state index in [1.165, 1.54) is 16.0 Å². The molecule has 24 heteroatoms. The van der Waals surface area contributed by atoms with Crippen molar-refractivity contribution >= 4 is 71.3 Å². The van der Waals surface area contributed by atoms with Gasteiger partial charge >= 0.3 is 12.3 Å². The summed E-state index contributed by atoms with van der Waals surface area (Å²) in [6, 6.07) is 8.14. The fraction of sp³-hybridized carbons (Fsp3) is 0.467. The van der Waals surface area contributed by atoms with Gasteiger partial charge in [-0.25, -0.2) is 27.0 Å². The first-order valence-electron chi connectivity index (χ1n) is 21.9. The normalized spacial score (nSPS) is 20.2. The number of pyridine rings is 1. The van der Waals surface area contributed by atoms with Crippen molar-refractivity contribution < 1.29 is 53.5 Å². The first kappa shape index (κ1) is 48.0. The van der Waals surface area contributed by atoms with E-state index in [0.717, 1.165) is 31.2 Å². The van der Waals surface area contributed by atoms with E-state index < -0.39 is 86.7 Å². The summed E-state index contributed by atoms with van der Waals surface area (Å²) in [5.74, 6) is -9.32. The van der Waals surface area contributed by atoms with Crippen molar-refractivity contribution in [3.05, 3.63) is 76.6 Å². The number of para-hydroxylation sites is 1. The van der Waals surface area contributed by atoms with E-state index in [-0.39, 0.29) is 47.1 Å². The molecule has 2 aliphatic carbocycles. The molecule has 5 heterocycles. The molecule has 2 amide bonds. The number of benzene rings is 2. The molecule has 2 aromatic carbocycles. The van der Waals surface area contributed by atoms with Crippen molar-refractivity contribution in [1.82, 2.24) is 35.3 Å². The second kappa shape index (κ2) is 16.8. The number of nitrogens with one attached hydrogen (secondary N) is 4. The highest BCUT2D eigenvalue weighted by molar-refractivity contribution is 7.92. The van der Waals surface area contributed by atoms with E-state index in [1.54, 1.807) is 36.2 Å². The molecule has 3 aromatic heterocycles. The van der Waals surface area contributed by atoms with E-state index in [4.69, 9.17) is 20.1 Å². The number of fused-ring (bicyclic) bond motifs is 3. The number of aromatic nitrogens is 4.